The van der Waals surface area contributed by atoms with E-state index in [-0.39, 0.29) is 5.78 Å². The fourth-order valence-corrected chi connectivity index (χ4v) is 2.23. The van der Waals surface area contributed by atoms with E-state index in [1.807, 2.05) is 30.3 Å². The molecule has 78 valence electrons. The summed E-state index contributed by atoms with van der Waals surface area (Å²) in [6.45, 7) is 1.55. The molecule has 3 heteroatoms. The highest BCUT2D eigenvalue weighted by Gasteiger charge is 2.03. The van der Waals surface area contributed by atoms with Crippen LogP contribution in [0.1, 0.15) is 22.2 Å². The zero-order valence-electron chi connectivity index (χ0n) is 8.73. The van der Waals surface area contributed by atoms with Gasteiger partial charge in [-0.05, 0) is 24.6 Å². The minimum Gasteiger partial charge on any atom is -0.295 e. The standard InChI is InChI=1S/C13H9NOS/c1-9(15)10-2-4-11(5-3-10)13-7-6-12(8-14)16-13/h2-7H,1H3. The van der Waals surface area contributed by atoms with E-state index in [1.165, 1.54) is 11.3 Å². The number of carbonyl (C=O) groups is 1. The minimum atomic E-state index is 0.0652. The summed E-state index contributed by atoms with van der Waals surface area (Å²) < 4.78 is 0. The Balaban J connectivity index is 2.35. The van der Waals surface area contributed by atoms with E-state index in [0.29, 0.717) is 10.4 Å². The number of nitriles is 1. The average Bonchev–Trinajstić information content (AvgIpc) is 2.77. The van der Waals surface area contributed by atoms with Gasteiger partial charge in [0.1, 0.15) is 10.9 Å². The summed E-state index contributed by atoms with van der Waals surface area (Å²) in [5.74, 6) is 0.0652. The van der Waals surface area contributed by atoms with E-state index in [2.05, 4.69) is 6.07 Å². The van der Waals surface area contributed by atoms with Gasteiger partial charge < -0.3 is 0 Å². The lowest BCUT2D eigenvalue weighted by Crippen LogP contribution is -1.90. The number of hydrogen-bond donors (Lipinski definition) is 0. The SMILES string of the molecule is CC(=O)c1ccc(-c2ccc(C#N)s2)cc1. The number of carbonyl (C=O) groups excluding carboxylic acids is 1. The normalized spacial score (nSPS) is 9.75. The Morgan fingerprint density at radius 1 is 1.19 bits per heavy atom. The van der Waals surface area contributed by atoms with Crippen LogP contribution in [0.2, 0.25) is 0 Å². The van der Waals surface area contributed by atoms with Crippen LogP contribution < -0.4 is 0 Å². The molecule has 2 aromatic rings. The predicted octanol–water partition coefficient (Wildman–Crippen LogP) is 3.49. The van der Waals surface area contributed by atoms with Crippen LogP contribution in [0, 0.1) is 11.3 Å². The van der Waals surface area contributed by atoms with Gasteiger partial charge in [0, 0.05) is 10.4 Å². The van der Waals surface area contributed by atoms with Crippen LogP contribution in [-0.2, 0) is 0 Å². The first kappa shape index (κ1) is 10.6. The molecule has 0 saturated heterocycles. The summed E-state index contributed by atoms with van der Waals surface area (Å²) in [5, 5.41) is 8.73. The molecule has 1 aromatic heterocycles. The molecule has 0 aliphatic carbocycles. The van der Waals surface area contributed by atoms with Crippen molar-refractivity contribution in [2.24, 2.45) is 0 Å². The van der Waals surface area contributed by atoms with Crippen molar-refractivity contribution in [1.82, 2.24) is 0 Å². The van der Waals surface area contributed by atoms with Crippen LogP contribution in [0.5, 0.6) is 0 Å². The monoisotopic (exact) mass is 227 g/mol. The Labute approximate surface area is 97.8 Å². The van der Waals surface area contributed by atoms with Crippen molar-refractivity contribution < 1.29 is 4.79 Å². The molecule has 0 N–H and O–H groups in total. The van der Waals surface area contributed by atoms with Gasteiger partial charge in [-0.25, -0.2) is 0 Å². The molecule has 2 rings (SSSR count). The fraction of sp³-hybridized carbons (Fsp3) is 0.0769. The molecule has 0 amide bonds. The van der Waals surface area contributed by atoms with E-state index in [9.17, 15) is 4.79 Å². The molecule has 16 heavy (non-hydrogen) atoms. The molecule has 1 aromatic carbocycles. The smallest absolute Gasteiger partial charge is 0.159 e. The fourth-order valence-electron chi connectivity index (χ4n) is 1.42. The number of nitrogens with zero attached hydrogens (tertiary/aromatic N) is 1. The Morgan fingerprint density at radius 2 is 1.88 bits per heavy atom. The van der Waals surface area contributed by atoms with Crippen molar-refractivity contribution in [3.8, 4) is 16.5 Å². The van der Waals surface area contributed by atoms with Crippen LogP contribution in [0.4, 0.5) is 0 Å². The van der Waals surface area contributed by atoms with Gasteiger partial charge in [0.05, 0.1) is 0 Å². The summed E-state index contributed by atoms with van der Waals surface area (Å²) >= 11 is 1.45. The van der Waals surface area contributed by atoms with Crippen LogP contribution in [0.25, 0.3) is 10.4 Å². The molecule has 0 unspecified atom stereocenters. The number of benzene rings is 1. The summed E-state index contributed by atoms with van der Waals surface area (Å²) in [6.07, 6.45) is 0. The van der Waals surface area contributed by atoms with Crippen LogP contribution in [-0.4, -0.2) is 5.78 Å². The molecule has 2 nitrogen and oxygen atoms in total. The Kier molecular flexibility index (Phi) is 2.84. The van der Waals surface area contributed by atoms with Crippen molar-refractivity contribution in [3.05, 3.63) is 46.8 Å². The highest BCUT2D eigenvalue weighted by Crippen LogP contribution is 2.27. The molecule has 0 atom stereocenters. The maximum atomic E-state index is 11.1. The van der Waals surface area contributed by atoms with Crippen LogP contribution in [0.3, 0.4) is 0 Å². The van der Waals surface area contributed by atoms with Gasteiger partial charge in [-0.2, -0.15) is 5.26 Å². The second-order valence-corrected chi connectivity index (χ2v) is 4.49. The van der Waals surface area contributed by atoms with Crippen molar-refractivity contribution >= 4 is 17.1 Å². The first-order chi connectivity index (χ1) is 7.70. The highest BCUT2D eigenvalue weighted by molar-refractivity contribution is 7.16. The summed E-state index contributed by atoms with van der Waals surface area (Å²) in [5.41, 5.74) is 1.75. The van der Waals surface area contributed by atoms with E-state index in [1.54, 1.807) is 13.0 Å². The molecule has 0 spiro atoms. The van der Waals surface area contributed by atoms with Gasteiger partial charge in [-0.15, -0.1) is 11.3 Å². The highest BCUT2D eigenvalue weighted by atomic mass is 32.1. The lowest BCUT2D eigenvalue weighted by atomic mass is 10.1. The van der Waals surface area contributed by atoms with Crippen molar-refractivity contribution in [2.75, 3.05) is 0 Å². The Morgan fingerprint density at radius 3 is 2.38 bits per heavy atom. The van der Waals surface area contributed by atoms with E-state index >= 15 is 0 Å². The average molecular weight is 227 g/mol. The Bertz CT molecular complexity index is 560. The molecular weight excluding hydrogens is 218 g/mol. The third kappa shape index (κ3) is 2.02. The van der Waals surface area contributed by atoms with Crippen molar-refractivity contribution in [3.63, 3.8) is 0 Å². The van der Waals surface area contributed by atoms with Gasteiger partial charge in [0.2, 0.25) is 0 Å². The number of Topliss-reactive ketones (excluding diaryl/α,β-unsaturated/α-hetero) is 1. The predicted molar refractivity (Wildman–Crippen MR) is 64.5 cm³/mol. The quantitative estimate of drug-likeness (QED) is 0.737. The third-order valence-electron chi connectivity index (χ3n) is 2.29. The molecule has 0 aliphatic heterocycles. The van der Waals surface area contributed by atoms with Crippen LogP contribution >= 0.6 is 11.3 Å². The van der Waals surface area contributed by atoms with Gasteiger partial charge in [0.25, 0.3) is 0 Å². The molecule has 0 bridgehead atoms. The van der Waals surface area contributed by atoms with Crippen LogP contribution in [0.15, 0.2) is 36.4 Å². The van der Waals surface area contributed by atoms with Crippen molar-refractivity contribution in [2.45, 2.75) is 6.92 Å². The zero-order chi connectivity index (χ0) is 11.5. The van der Waals surface area contributed by atoms with Gasteiger partial charge in [-0.3, -0.25) is 4.79 Å². The molecule has 0 saturated carbocycles. The topological polar surface area (TPSA) is 40.9 Å². The molecular formula is C13H9NOS. The summed E-state index contributed by atoms with van der Waals surface area (Å²) in [4.78, 5) is 12.9. The van der Waals surface area contributed by atoms with Gasteiger partial charge >= 0.3 is 0 Å². The number of rotatable bonds is 2. The first-order valence-corrected chi connectivity index (χ1v) is 5.63. The van der Waals surface area contributed by atoms with E-state index < -0.39 is 0 Å². The lowest BCUT2D eigenvalue weighted by Gasteiger charge is -1.98. The maximum Gasteiger partial charge on any atom is 0.159 e. The second kappa shape index (κ2) is 4.30. The molecule has 0 fully saturated rings. The molecule has 0 aliphatic rings. The first-order valence-electron chi connectivity index (χ1n) is 4.82. The number of thiophene rings is 1. The molecule has 1 heterocycles. The number of ketones is 1. The largest absolute Gasteiger partial charge is 0.295 e. The third-order valence-corrected chi connectivity index (χ3v) is 3.33. The van der Waals surface area contributed by atoms with Crippen molar-refractivity contribution in [1.29, 1.82) is 5.26 Å². The maximum absolute atomic E-state index is 11.1. The summed E-state index contributed by atoms with van der Waals surface area (Å²) in [7, 11) is 0. The minimum absolute atomic E-state index is 0.0652. The number of hydrogen-bond acceptors (Lipinski definition) is 3. The Hall–Kier alpha value is -1.92. The van der Waals surface area contributed by atoms with Gasteiger partial charge in [-0.1, -0.05) is 24.3 Å². The lowest BCUT2D eigenvalue weighted by molar-refractivity contribution is 0.101. The molecule has 0 radical (unpaired) electrons. The summed E-state index contributed by atoms with van der Waals surface area (Å²) in [6, 6.07) is 13.3. The second-order valence-electron chi connectivity index (χ2n) is 3.41. The van der Waals surface area contributed by atoms with E-state index in [4.69, 9.17) is 5.26 Å². The van der Waals surface area contributed by atoms with E-state index in [0.717, 1.165) is 10.4 Å². The van der Waals surface area contributed by atoms with Gasteiger partial charge in [0.15, 0.2) is 5.78 Å². The zero-order valence-corrected chi connectivity index (χ0v) is 9.54.